The van der Waals surface area contributed by atoms with Gasteiger partial charge in [-0.1, -0.05) is 6.92 Å². The Morgan fingerprint density at radius 2 is 2.21 bits per heavy atom. The Balaban J connectivity index is 1.47. The van der Waals surface area contributed by atoms with Crippen LogP contribution in [0.25, 0.3) is 0 Å². The van der Waals surface area contributed by atoms with Crippen molar-refractivity contribution in [3.63, 3.8) is 0 Å². The second-order valence-corrected chi connectivity index (χ2v) is 8.33. The van der Waals surface area contributed by atoms with Crippen molar-refractivity contribution in [2.45, 2.75) is 45.2 Å². The Bertz CT molecular complexity index is 854. The number of likely N-dealkylation sites (tertiary alicyclic amines) is 1. The number of carbonyl (C=O) groups is 2. The molecule has 2 aliphatic heterocycles. The van der Waals surface area contributed by atoms with Crippen LogP contribution in [-0.2, 0) is 17.8 Å². The van der Waals surface area contributed by atoms with Gasteiger partial charge >= 0.3 is 0 Å². The molecule has 1 fully saturated rings. The lowest BCUT2D eigenvalue weighted by Gasteiger charge is -2.34. The Morgan fingerprint density at radius 3 is 3.00 bits per heavy atom. The third-order valence-electron chi connectivity index (χ3n) is 5.46. The van der Waals surface area contributed by atoms with E-state index in [-0.39, 0.29) is 11.8 Å². The molecule has 2 aromatic heterocycles. The third-order valence-corrected chi connectivity index (χ3v) is 6.46. The van der Waals surface area contributed by atoms with Gasteiger partial charge in [0.1, 0.15) is 6.04 Å². The fourth-order valence-corrected chi connectivity index (χ4v) is 4.92. The average molecular weight is 400 g/mol. The number of pyridine rings is 1. The Kier molecular flexibility index (Phi) is 5.68. The standard InChI is InChI=1S/C20H25N5O2S/c1-2-24-11-8-15-17(13-24)28-20(22-15)23-18(26)16-7-3-4-10-25(16)19(27)14-6-5-9-21-12-14/h5-6,9,12,16H,2-4,7-8,10-11,13H2,1H3,(H,22,23,26). The van der Waals surface area contributed by atoms with E-state index in [1.165, 1.54) is 4.88 Å². The van der Waals surface area contributed by atoms with Crippen molar-refractivity contribution >= 4 is 28.3 Å². The van der Waals surface area contributed by atoms with E-state index in [9.17, 15) is 9.59 Å². The predicted molar refractivity (Wildman–Crippen MR) is 108 cm³/mol. The van der Waals surface area contributed by atoms with Crippen LogP contribution >= 0.6 is 11.3 Å². The van der Waals surface area contributed by atoms with Crippen LogP contribution in [0, 0.1) is 0 Å². The SMILES string of the molecule is CCN1CCc2nc(NC(=O)C3CCCCN3C(=O)c3cccnc3)sc2C1. The molecule has 4 rings (SSSR count). The van der Waals surface area contributed by atoms with Gasteiger partial charge in [-0.15, -0.1) is 11.3 Å². The average Bonchev–Trinajstić information content (AvgIpc) is 3.15. The summed E-state index contributed by atoms with van der Waals surface area (Å²) in [4.78, 5) is 39.8. The zero-order valence-electron chi connectivity index (χ0n) is 16.1. The van der Waals surface area contributed by atoms with Crippen molar-refractivity contribution in [1.82, 2.24) is 19.8 Å². The molecule has 0 radical (unpaired) electrons. The number of aromatic nitrogens is 2. The fraction of sp³-hybridized carbons (Fsp3) is 0.500. The van der Waals surface area contributed by atoms with E-state index in [2.05, 4.69) is 27.1 Å². The van der Waals surface area contributed by atoms with E-state index in [1.54, 1.807) is 40.8 Å². The highest BCUT2D eigenvalue weighted by Crippen LogP contribution is 2.29. The van der Waals surface area contributed by atoms with Gasteiger partial charge in [0.25, 0.3) is 5.91 Å². The number of rotatable bonds is 4. The van der Waals surface area contributed by atoms with Gasteiger partial charge in [0, 0.05) is 43.3 Å². The first-order valence-electron chi connectivity index (χ1n) is 9.88. The highest BCUT2D eigenvalue weighted by molar-refractivity contribution is 7.15. The van der Waals surface area contributed by atoms with Crippen molar-refractivity contribution in [1.29, 1.82) is 0 Å². The lowest BCUT2D eigenvalue weighted by molar-refractivity contribution is -0.121. The highest BCUT2D eigenvalue weighted by atomic mass is 32.1. The molecule has 0 bridgehead atoms. The Morgan fingerprint density at radius 1 is 1.32 bits per heavy atom. The number of carbonyl (C=O) groups excluding carboxylic acids is 2. The summed E-state index contributed by atoms with van der Waals surface area (Å²) in [5.41, 5.74) is 1.61. The quantitative estimate of drug-likeness (QED) is 0.855. The second-order valence-electron chi connectivity index (χ2n) is 7.25. The summed E-state index contributed by atoms with van der Waals surface area (Å²) in [5, 5.41) is 3.62. The molecule has 2 aromatic rings. The van der Waals surface area contributed by atoms with Crippen molar-refractivity contribution in [2.75, 3.05) is 25.0 Å². The number of hydrogen-bond donors (Lipinski definition) is 1. The molecule has 1 atom stereocenters. The highest BCUT2D eigenvalue weighted by Gasteiger charge is 2.33. The van der Waals surface area contributed by atoms with Crippen molar-refractivity contribution < 1.29 is 9.59 Å². The normalized spacial score (nSPS) is 19.9. The molecule has 28 heavy (non-hydrogen) atoms. The van der Waals surface area contributed by atoms with Crippen LogP contribution in [0.5, 0.6) is 0 Å². The Hall–Kier alpha value is -2.32. The molecule has 4 heterocycles. The van der Waals surface area contributed by atoms with Gasteiger partial charge in [0.2, 0.25) is 5.91 Å². The summed E-state index contributed by atoms with van der Waals surface area (Å²) in [6.45, 7) is 5.68. The molecule has 0 spiro atoms. The number of amides is 2. The van der Waals surface area contributed by atoms with Crippen molar-refractivity contribution in [3.05, 3.63) is 40.7 Å². The topological polar surface area (TPSA) is 78.4 Å². The first-order valence-corrected chi connectivity index (χ1v) is 10.7. The van der Waals surface area contributed by atoms with Crippen LogP contribution in [0.2, 0.25) is 0 Å². The maximum atomic E-state index is 13.0. The van der Waals surface area contributed by atoms with Gasteiger partial charge in [0.15, 0.2) is 5.13 Å². The number of thiazole rings is 1. The minimum atomic E-state index is -0.463. The monoisotopic (exact) mass is 399 g/mol. The zero-order valence-corrected chi connectivity index (χ0v) is 16.9. The van der Waals surface area contributed by atoms with Crippen molar-refractivity contribution in [2.24, 2.45) is 0 Å². The molecule has 148 valence electrons. The van der Waals surface area contributed by atoms with E-state index < -0.39 is 6.04 Å². The molecule has 7 nitrogen and oxygen atoms in total. The molecule has 2 amide bonds. The van der Waals surface area contributed by atoms with Gasteiger partial charge in [-0.05, 0) is 37.9 Å². The molecular weight excluding hydrogens is 374 g/mol. The molecule has 1 saturated heterocycles. The van der Waals surface area contributed by atoms with Gasteiger partial charge in [-0.3, -0.25) is 19.5 Å². The Labute approximate surface area is 168 Å². The first-order chi connectivity index (χ1) is 13.7. The smallest absolute Gasteiger partial charge is 0.256 e. The molecule has 8 heteroatoms. The second kappa shape index (κ2) is 8.36. The summed E-state index contributed by atoms with van der Waals surface area (Å²) >= 11 is 1.55. The van der Waals surface area contributed by atoms with Crippen molar-refractivity contribution in [3.8, 4) is 0 Å². The fourth-order valence-electron chi connectivity index (χ4n) is 3.86. The number of fused-ring (bicyclic) bond motifs is 1. The van der Waals surface area contributed by atoms with Gasteiger partial charge in [-0.2, -0.15) is 0 Å². The predicted octanol–water partition coefficient (Wildman–Crippen LogP) is 2.55. The van der Waals surface area contributed by atoms with Gasteiger partial charge in [0.05, 0.1) is 11.3 Å². The summed E-state index contributed by atoms with van der Waals surface area (Å²) in [6, 6.07) is 3.02. The zero-order chi connectivity index (χ0) is 19.5. The number of piperidine rings is 1. The molecule has 1 unspecified atom stereocenters. The van der Waals surface area contributed by atoms with Crippen LogP contribution in [0.15, 0.2) is 24.5 Å². The molecule has 0 aromatic carbocycles. The molecule has 0 saturated carbocycles. The number of nitrogens with one attached hydrogen (secondary N) is 1. The summed E-state index contributed by atoms with van der Waals surface area (Å²) in [6.07, 6.45) is 6.64. The molecular formula is C20H25N5O2S. The van der Waals surface area contributed by atoms with Crippen LogP contribution in [0.3, 0.4) is 0 Å². The van der Waals surface area contributed by atoms with E-state index in [0.717, 1.165) is 44.6 Å². The summed E-state index contributed by atoms with van der Waals surface area (Å²) < 4.78 is 0. The maximum absolute atomic E-state index is 13.0. The number of anilines is 1. The van der Waals surface area contributed by atoms with E-state index >= 15 is 0 Å². The van der Waals surface area contributed by atoms with Gasteiger partial charge in [-0.25, -0.2) is 4.98 Å². The lowest BCUT2D eigenvalue weighted by atomic mass is 10.0. The third kappa shape index (κ3) is 3.93. The van der Waals surface area contributed by atoms with Crippen LogP contribution in [-0.4, -0.2) is 57.3 Å². The van der Waals surface area contributed by atoms with Crippen LogP contribution in [0.4, 0.5) is 5.13 Å². The molecule has 2 aliphatic rings. The number of hydrogen-bond acceptors (Lipinski definition) is 6. The lowest BCUT2D eigenvalue weighted by Crippen LogP contribution is -2.50. The summed E-state index contributed by atoms with van der Waals surface area (Å²) in [7, 11) is 0. The summed E-state index contributed by atoms with van der Waals surface area (Å²) in [5.74, 6) is -0.277. The maximum Gasteiger partial charge on any atom is 0.256 e. The molecule has 1 N–H and O–H groups in total. The largest absolute Gasteiger partial charge is 0.327 e. The molecule has 0 aliphatic carbocycles. The van der Waals surface area contributed by atoms with E-state index in [1.807, 2.05) is 0 Å². The number of likely N-dealkylation sites (N-methyl/N-ethyl adjacent to an activating group) is 1. The van der Waals surface area contributed by atoms with Crippen LogP contribution in [0.1, 0.15) is 47.1 Å². The van der Waals surface area contributed by atoms with Gasteiger partial charge < -0.3 is 10.2 Å². The van der Waals surface area contributed by atoms with E-state index in [4.69, 9.17) is 0 Å². The van der Waals surface area contributed by atoms with Crippen LogP contribution < -0.4 is 5.32 Å². The minimum Gasteiger partial charge on any atom is -0.327 e. The van der Waals surface area contributed by atoms with E-state index in [0.29, 0.717) is 23.7 Å². The number of nitrogens with zero attached hydrogens (tertiary/aromatic N) is 4. The first kappa shape index (κ1) is 19.0. The minimum absolute atomic E-state index is 0.134.